The van der Waals surface area contributed by atoms with E-state index in [0.717, 1.165) is 11.0 Å². The number of sulfone groups is 1. The van der Waals surface area contributed by atoms with E-state index < -0.39 is 9.84 Å². The lowest BCUT2D eigenvalue weighted by Gasteiger charge is -2.12. The lowest BCUT2D eigenvalue weighted by atomic mass is 10.1. The van der Waals surface area contributed by atoms with Crippen LogP contribution in [0.1, 0.15) is 34.7 Å². The van der Waals surface area contributed by atoms with Crippen LogP contribution >= 0.6 is 0 Å². The van der Waals surface area contributed by atoms with Crippen molar-refractivity contribution < 1.29 is 13.2 Å². The molecule has 0 unspecified atom stereocenters. The van der Waals surface area contributed by atoms with Gasteiger partial charge in [-0.25, -0.2) is 13.4 Å². The molecule has 3 rings (SSSR count). The van der Waals surface area contributed by atoms with Gasteiger partial charge < -0.3 is 10.3 Å². The number of imidazole rings is 1. The number of H-pyrrole nitrogens is 1. The predicted molar refractivity (Wildman–Crippen MR) is 97.0 cm³/mol. The number of benzene rings is 2. The van der Waals surface area contributed by atoms with Gasteiger partial charge >= 0.3 is 0 Å². The van der Waals surface area contributed by atoms with Gasteiger partial charge in [0.1, 0.15) is 5.82 Å². The number of nitrogens with one attached hydrogen (secondary N) is 2. The monoisotopic (exact) mass is 357 g/mol. The van der Waals surface area contributed by atoms with Gasteiger partial charge in [0.25, 0.3) is 5.91 Å². The third-order valence-corrected chi connectivity index (χ3v) is 4.64. The second-order valence-corrected chi connectivity index (χ2v) is 8.24. The highest BCUT2D eigenvalue weighted by Gasteiger charge is 2.15. The predicted octanol–water partition coefficient (Wildman–Crippen LogP) is 2.60. The van der Waals surface area contributed by atoms with E-state index in [0.29, 0.717) is 17.0 Å². The topological polar surface area (TPSA) is 91.9 Å². The van der Waals surface area contributed by atoms with Crippen molar-refractivity contribution in [2.45, 2.75) is 18.7 Å². The Morgan fingerprint density at radius 3 is 2.68 bits per heavy atom. The number of carbonyl (C=O) groups is 1. The fraction of sp³-hybridized carbons (Fsp3) is 0.222. The van der Waals surface area contributed by atoms with Crippen molar-refractivity contribution in [1.82, 2.24) is 15.3 Å². The summed E-state index contributed by atoms with van der Waals surface area (Å²) in [6.45, 7) is 1.84. The van der Waals surface area contributed by atoms with Gasteiger partial charge in [0.15, 0.2) is 9.84 Å². The highest BCUT2D eigenvalue weighted by atomic mass is 32.2. The summed E-state index contributed by atoms with van der Waals surface area (Å²) in [5.74, 6) is 0.304. The number of fused-ring (bicyclic) bond motifs is 1. The van der Waals surface area contributed by atoms with Gasteiger partial charge in [0, 0.05) is 11.8 Å². The Balaban J connectivity index is 1.76. The molecule has 0 fully saturated rings. The summed E-state index contributed by atoms with van der Waals surface area (Å²) < 4.78 is 22.8. The van der Waals surface area contributed by atoms with Crippen LogP contribution < -0.4 is 5.32 Å². The fourth-order valence-electron chi connectivity index (χ4n) is 2.63. The van der Waals surface area contributed by atoms with Gasteiger partial charge in [-0.3, -0.25) is 4.79 Å². The van der Waals surface area contributed by atoms with Crippen LogP contribution in [0, 0.1) is 0 Å². The molecule has 0 radical (unpaired) electrons. The van der Waals surface area contributed by atoms with E-state index in [-0.39, 0.29) is 17.7 Å². The summed E-state index contributed by atoms with van der Waals surface area (Å²) in [4.78, 5) is 20.1. The summed E-state index contributed by atoms with van der Waals surface area (Å²) >= 11 is 0. The summed E-state index contributed by atoms with van der Waals surface area (Å²) in [7, 11) is -3.15. The first kappa shape index (κ1) is 17.2. The Hall–Kier alpha value is -2.67. The second kappa shape index (κ2) is 6.68. The van der Waals surface area contributed by atoms with Crippen LogP contribution in [0.5, 0.6) is 0 Å². The molecule has 0 saturated heterocycles. The average Bonchev–Trinajstić information content (AvgIpc) is 2.97. The van der Waals surface area contributed by atoms with Crippen LogP contribution in [0.4, 0.5) is 0 Å². The SMILES string of the molecule is C[C@H](NC(=O)c1cccc(CS(C)(=O)=O)c1)c1nc2ccccc2[nH]1. The van der Waals surface area contributed by atoms with Crippen LogP contribution in [0.3, 0.4) is 0 Å². The molecule has 7 heteroatoms. The maximum absolute atomic E-state index is 12.5. The van der Waals surface area contributed by atoms with Crippen molar-refractivity contribution in [3.63, 3.8) is 0 Å². The minimum Gasteiger partial charge on any atom is -0.342 e. The molecule has 0 saturated carbocycles. The first-order valence-electron chi connectivity index (χ1n) is 7.84. The molecule has 0 aliphatic carbocycles. The van der Waals surface area contributed by atoms with E-state index in [4.69, 9.17) is 0 Å². The normalized spacial score (nSPS) is 12.9. The van der Waals surface area contributed by atoms with Gasteiger partial charge in [0.05, 0.1) is 22.8 Å². The number of nitrogens with zero attached hydrogens (tertiary/aromatic N) is 1. The minimum absolute atomic E-state index is 0.0900. The van der Waals surface area contributed by atoms with Crippen LogP contribution in [-0.4, -0.2) is 30.5 Å². The van der Waals surface area contributed by atoms with Crippen molar-refractivity contribution in [3.8, 4) is 0 Å². The first-order chi connectivity index (χ1) is 11.8. The number of hydrogen-bond donors (Lipinski definition) is 2. The molecule has 1 aromatic heterocycles. The summed E-state index contributed by atoms with van der Waals surface area (Å²) in [5, 5.41) is 2.88. The maximum Gasteiger partial charge on any atom is 0.251 e. The van der Waals surface area contributed by atoms with Crippen molar-refractivity contribution in [1.29, 1.82) is 0 Å². The molecule has 0 aliphatic heterocycles. The van der Waals surface area contributed by atoms with Crippen molar-refractivity contribution in [2.75, 3.05) is 6.26 Å². The third kappa shape index (κ3) is 4.24. The third-order valence-electron chi connectivity index (χ3n) is 3.78. The summed E-state index contributed by atoms with van der Waals surface area (Å²) in [6, 6.07) is 14.0. The molecule has 1 atom stereocenters. The standard InChI is InChI=1S/C18H19N3O3S/c1-12(17-20-15-8-3-4-9-16(15)21-17)19-18(22)14-7-5-6-13(10-14)11-25(2,23)24/h3-10,12H,11H2,1-2H3,(H,19,22)(H,20,21)/t12-/m0/s1. The zero-order chi connectivity index (χ0) is 18.0. The van der Waals surface area contributed by atoms with Crippen LogP contribution in [0.15, 0.2) is 48.5 Å². The minimum atomic E-state index is -3.15. The van der Waals surface area contributed by atoms with Gasteiger partial charge in [-0.05, 0) is 36.8 Å². The number of carbonyl (C=O) groups excluding carboxylic acids is 1. The highest BCUT2D eigenvalue weighted by molar-refractivity contribution is 7.89. The lowest BCUT2D eigenvalue weighted by molar-refractivity contribution is 0.0938. The zero-order valence-electron chi connectivity index (χ0n) is 14.0. The number of rotatable bonds is 5. The number of amides is 1. The second-order valence-electron chi connectivity index (χ2n) is 6.10. The summed E-state index contributed by atoms with van der Waals surface area (Å²) in [6.07, 6.45) is 1.17. The molecule has 130 valence electrons. The van der Waals surface area contributed by atoms with Crippen molar-refractivity contribution in [2.24, 2.45) is 0 Å². The fourth-order valence-corrected chi connectivity index (χ4v) is 3.42. The van der Waals surface area contributed by atoms with Gasteiger partial charge in [-0.2, -0.15) is 0 Å². The van der Waals surface area contributed by atoms with Crippen molar-refractivity contribution >= 4 is 26.8 Å². The quantitative estimate of drug-likeness (QED) is 0.734. The molecule has 0 bridgehead atoms. The molecule has 1 amide bonds. The molecule has 2 aromatic carbocycles. The van der Waals surface area contributed by atoms with E-state index in [9.17, 15) is 13.2 Å². The number of hydrogen-bond acceptors (Lipinski definition) is 4. The zero-order valence-corrected chi connectivity index (χ0v) is 14.8. The molecule has 25 heavy (non-hydrogen) atoms. The lowest BCUT2D eigenvalue weighted by Crippen LogP contribution is -2.27. The van der Waals surface area contributed by atoms with Gasteiger partial charge in [-0.15, -0.1) is 0 Å². The van der Waals surface area contributed by atoms with Gasteiger partial charge in [0.2, 0.25) is 0 Å². The maximum atomic E-state index is 12.5. The molecular formula is C18H19N3O3S. The van der Waals surface area contributed by atoms with E-state index >= 15 is 0 Å². The van der Waals surface area contributed by atoms with Gasteiger partial charge in [-0.1, -0.05) is 24.3 Å². The van der Waals surface area contributed by atoms with Crippen LogP contribution in [0.2, 0.25) is 0 Å². The summed E-state index contributed by atoms with van der Waals surface area (Å²) in [5.41, 5.74) is 2.76. The molecule has 6 nitrogen and oxygen atoms in total. The van der Waals surface area contributed by atoms with Crippen LogP contribution in [-0.2, 0) is 15.6 Å². The van der Waals surface area contributed by atoms with E-state index in [2.05, 4.69) is 15.3 Å². The van der Waals surface area contributed by atoms with Crippen LogP contribution in [0.25, 0.3) is 11.0 Å². The molecule has 1 heterocycles. The largest absolute Gasteiger partial charge is 0.342 e. The Morgan fingerprint density at radius 1 is 1.20 bits per heavy atom. The Bertz CT molecular complexity index is 992. The number of para-hydroxylation sites is 2. The number of aromatic nitrogens is 2. The van der Waals surface area contributed by atoms with E-state index in [1.54, 1.807) is 24.3 Å². The average molecular weight is 357 g/mol. The van der Waals surface area contributed by atoms with Crippen molar-refractivity contribution in [3.05, 3.63) is 65.5 Å². The van der Waals surface area contributed by atoms with E-state index in [1.165, 1.54) is 6.26 Å². The Kier molecular flexibility index (Phi) is 4.59. The first-order valence-corrected chi connectivity index (χ1v) is 9.90. The van der Waals surface area contributed by atoms with E-state index in [1.807, 2.05) is 31.2 Å². The Morgan fingerprint density at radius 2 is 1.96 bits per heavy atom. The Labute approximate surface area is 146 Å². The number of aromatic amines is 1. The highest BCUT2D eigenvalue weighted by Crippen LogP contribution is 2.16. The molecule has 3 aromatic rings. The smallest absolute Gasteiger partial charge is 0.251 e. The molecule has 0 aliphatic rings. The molecule has 2 N–H and O–H groups in total. The molecule has 0 spiro atoms. The molecular weight excluding hydrogens is 338 g/mol.